The van der Waals surface area contributed by atoms with E-state index in [9.17, 15) is 0 Å². The van der Waals surface area contributed by atoms with Gasteiger partial charge in [0.25, 0.3) is 0 Å². The largest absolute Gasteiger partial charge is 0.497 e. The second-order valence-electron chi connectivity index (χ2n) is 5.30. The summed E-state index contributed by atoms with van der Waals surface area (Å²) in [7, 11) is 1.64. The van der Waals surface area contributed by atoms with E-state index in [2.05, 4.69) is 36.4 Å². The highest BCUT2D eigenvalue weighted by Gasteiger charge is 2.06. The van der Waals surface area contributed by atoms with Crippen molar-refractivity contribution in [1.82, 2.24) is 5.32 Å². The molecule has 1 rings (SSSR count). The Hall–Kier alpha value is -1.75. The maximum Gasteiger partial charge on any atom is 0.193 e. The van der Waals surface area contributed by atoms with E-state index < -0.39 is 0 Å². The third-order valence-electron chi connectivity index (χ3n) is 2.41. The summed E-state index contributed by atoms with van der Waals surface area (Å²) >= 11 is 0. The Morgan fingerprint density at radius 3 is 2.42 bits per heavy atom. The summed E-state index contributed by atoms with van der Waals surface area (Å²) in [5.41, 5.74) is 6.81. The fourth-order valence-corrected chi connectivity index (χ4v) is 1.47. The fraction of sp³-hybridized carbons (Fsp3) is 0.500. The van der Waals surface area contributed by atoms with E-state index in [1.165, 1.54) is 0 Å². The van der Waals surface area contributed by atoms with Crippen molar-refractivity contribution in [3.63, 3.8) is 0 Å². The predicted molar refractivity (Wildman–Crippen MR) is 80.9 cm³/mol. The molecular weight excluding hydrogens is 240 g/mol. The van der Waals surface area contributed by atoms with Crippen molar-refractivity contribution in [1.29, 1.82) is 0 Å². The molecule has 0 amide bonds. The minimum atomic E-state index is 0.105. The van der Waals surface area contributed by atoms with Gasteiger partial charge in [-0.3, -0.25) is 4.99 Å². The molecule has 0 bridgehead atoms. The number of ether oxygens (including phenoxy) is 1. The van der Waals surface area contributed by atoms with Crippen LogP contribution in [0.1, 0.15) is 20.8 Å². The van der Waals surface area contributed by atoms with Crippen molar-refractivity contribution >= 4 is 11.6 Å². The third-order valence-corrected chi connectivity index (χ3v) is 2.41. The second kappa shape index (κ2) is 6.99. The lowest BCUT2D eigenvalue weighted by Gasteiger charge is -2.19. The van der Waals surface area contributed by atoms with Gasteiger partial charge in [0.1, 0.15) is 5.75 Å². The molecule has 0 atom stereocenters. The number of benzene rings is 1. The minimum Gasteiger partial charge on any atom is -0.497 e. The Bertz CT molecular complexity index is 406. The molecule has 0 saturated carbocycles. The van der Waals surface area contributed by atoms with Gasteiger partial charge in [-0.15, -0.1) is 0 Å². The van der Waals surface area contributed by atoms with Gasteiger partial charge in [0.2, 0.25) is 0 Å². The topological polar surface area (TPSA) is 71.7 Å². The van der Waals surface area contributed by atoms with Gasteiger partial charge in [-0.2, -0.15) is 0 Å². The highest BCUT2D eigenvalue weighted by molar-refractivity contribution is 5.92. The molecule has 0 aliphatic heterocycles. The van der Waals surface area contributed by atoms with E-state index in [-0.39, 0.29) is 5.54 Å². The molecule has 0 heterocycles. The van der Waals surface area contributed by atoms with Crippen LogP contribution in [0.4, 0.5) is 5.69 Å². The van der Waals surface area contributed by atoms with Gasteiger partial charge in [0.15, 0.2) is 5.96 Å². The number of nitrogens with two attached hydrogens (primary N) is 1. The maximum absolute atomic E-state index is 5.81. The van der Waals surface area contributed by atoms with Crippen molar-refractivity contribution in [2.75, 3.05) is 25.5 Å². The molecule has 1 aromatic carbocycles. The first-order valence-corrected chi connectivity index (χ1v) is 6.37. The van der Waals surface area contributed by atoms with E-state index in [1.807, 2.05) is 24.3 Å². The van der Waals surface area contributed by atoms with Crippen LogP contribution in [0, 0.1) is 0 Å². The minimum absolute atomic E-state index is 0.105. The zero-order chi connectivity index (χ0) is 14.3. The standard InChI is InChI=1S/C14H24N4O/c1-14(2,3)17-10-9-16-13(15)18-11-5-7-12(19-4)8-6-11/h5-8,17H,9-10H2,1-4H3,(H3,15,16,18). The number of methoxy groups -OCH3 is 1. The highest BCUT2D eigenvalue weighted by Crippen LogP contribution is 2.14. The molecule has 106 valence electrons. The van der Waals surface area contributed by atoms with Gasteiger partial charge in [0, 0.05) is 17.8 Å². The number of anilines is 1. The van der Waals surface area contributed by atoms with Crippen LogP contribution in [0.15, 0.2) is 29.3 Å². The quantitative estimate of drug-likeness (QED) is 0.431. The van der Waals surface area contributed by atoms with Crippen molar-refractivity contribution < 1.29 is 4.74 Å². The molecule has 5 nitrogen and oxygen atoms in total. The molecular formula is C14H24N4O. The average Bonchev–Trinajstić information content (AvgIpc) is 2.34. The molecule has 0 spiro atoms. The second-order valence-corrected chi connectivity index (χ2v) is 5.30. The van der Waals surface area contributed by atoms with E-state index >= 15 is 0 Å². The van der Waals surface area contributed by atoms with Crippen LogP contribution in [0.5, 0.6) is 5.75 Å². The van der Waals surface area contributed by atoms with Gasteiger partial charge < -0.3 is 21.1 Å². The Morgan fingerprint density at radius 1 is 1.26 bits per heavy atom. The molecule has 0 fully saturated rings. The summed E-state index contributed by atoms with van der Waals surface area (Å²) in [6, 6.07) is 7.54. The molecule has 4 N–H and O–H groups in total. The van der Waals surface area contributed by atoms with Crippen LogP contribution in [-0.4, -0.2) is 31.7 Å². The van der Waals surface area contributed by atoms with E-state index in [0.29, 0.717) is 12.5 Å². The van der Waals surface area contributed by atoms with Crippen LogP contribution < -0.4 is 21.1 Å². The van der Waals surface area contributed by atoms with Crippen LogP contribution in [0.25, 0.3) is 0 Å². The molecule has 5 heteroatoms. The predicted octanol–water partition coefficient (Wildman–Crippen LogP) is 1.81. The number of hydrogen-bond donors (Lipinski definition) is 3. The number of rotatable bonds is 5. The fourth-order valence-electron chi connectivity index (χ4n) is 1.47. The molecule has 0 aliphatic carbocycles. The number of guanidine groups is 1. The lowest BCUT2D eigenvalue weighted by atomic mass is 10.1. The third kappa shape index (κ3) is 6.67. The first-order chi connectivity index (χ1) is 8.90. The molecule has 0 unspecified atom stereocenters. The summed E-state index contributed by atoms with van der Waals surface area (Å²) in [4.78, 5) is 4.25. The molecule has 0 aliphatic rings. The van der Waals surface area contributed by atoms with E-state index in [0.717, 1.165) is 18.0 Å². The maximum atomic E-state index is 5.81. The SMILES string of the molecule is COc1ccc(NC(N)=NCCNC(C)(C)C)cc1. The van der Waals surface area contributed by atoms with E-state index in [4.69, 9.17) is 10.5 Å². The van der Waals surface area contributed by atoms with E-state index in [1.54, 1.807) is 7.11 Å². The van der Waals surface area contributed by atoms with Gasteiger partial charge in [0.05, 0.1) is 13.7 Å². The lowest BCUT2D eigenvalue weighted by molar-refractivity contribution is 0.415. The van der Waals surface area contributed by atoms with Crippen molar-refractivity contribution in [2.24, 2.45) is 10.7 Å². The zero-order valence-corrected chi connectivity index (χ0v) is 12.2. The Morgan fingerprint density at radius 2 is 1.89 bits per heavy atom. The summed E-state index contributed by atoms with van der Waals surface area (Å²) in [5, 5.41) is 6.38. The van der Waals surface area contributed by atoms with Crippen LogP contribution in [0.3, 0.4) is 0 Å². The molecule has 0 aromatic heterocycles. The van der Waals surface area contributed by atoms with Crippen molar-refractivity contribution in [3.05, 3.63) is 24.3 Å². The Balaban J connectivity index is 2.38. The smallest absolute Gasteiger partial charge is 0.193 e. The van der Waals surface area contributed by atoms with Gasteiger partial charge in [-0.25, -0.2) is 0 Å². The normalized spacial score (nSPS) is 12.3. The first kappa shape index (κ1) is 15.3. The zero-order valence-electron chi connectivity index (χ0n) is 12.2. The van der Waals surface area contributed by atoms with Crippen molar-refractivity contribution in [3.8, 4) is 5.75 Å². The lowest BCUT2D eigenvalue weighted by Crippen LogP contribution is -2.37. The highest BCUT2D eigenvalue weighted by atomic mass is 16.5. The summed E-state index contributed by atoms with van der Waals surface area (Å²) in [5.74, 6) is 1.23. The summed E-state index contributed by atoms with van der Waals surface area (Å²) < 4.78 is 5.09. The van der Waals surface area contributed by atoms with Crippen LogP contribution in [-0.2, 0) is 0 Å². The van der Waals surface area contributed by atoms with Crippen LogP contribution in [0.2, 0.25) is 0 Å². The average molecular weight is 264 g/mol. The molecule has 19 heavy (non-hydrogen) atoms. The number of nitrogens with one attached hydrogen (secondary N) is 2. The Kier molecular flexibility index (Phi) is 5.63. The number of nitrogens with zero attached hydrogens (tertiary/aromatic N) is 1. The first-order valence-electron chi connectivity index (χ1n) is 6.37. The summed E-state index contributed by atoms with van der Waals surface area (Å²) in [6.07, 6.45) is 0. The number of aliphatic imine (C=N–C) groups is 1. The van der Waals surface area contributed by atoms with Crippen molar-refractivity contribution in [2.45, 2.75) is 26.3 Å². The molecule has 0 radical (unpaired) electrons. The number of hydrogen-bond acceptors (Lipinski definition) is 3. The Labute approximate surface area is 115 Å². The monoisotopic (exact) mass is 264 g/mol. The molecule has 1 aromatic rings. The summed E-state index contributed by atoms with van der Waals surface area (Å²) in [6.45, 7) is 7.81. The van der Waals surface area contributed by atoms with Crippen LogP contribution >= 0.6 is 0 Å². The molecule has 0 saturated heterocycles. The van der Waals surface area contributed by atoms with Gasteiger partial charge in [-0.1, -0.05) is 0 Å². The van der Waals surface area contributed by atoms with Gasteiger partial charge in [-0.05, 0) is 45.0 Å². The van der Waals surface area contributed by atoms with Gasteiger partial charge >= 0.3 is 0 Å².